The van der Waals surface area contributed by atoms with Crippen LogP contribution in [0.4, 0.5) is 17.1 Å². The number of hydrogen-bond acceptors (Lipinski definition) is 5. The molecule has 0 saturated heterocycles. The third kappa shape index (κ3) is 5.12. The molecule has 0 aromatic heterocycles. The molecule has 36 heavy (non-hydrogen) atoms. The molecule has 0 radical (unpaired) electrons. The predicted octanol–water partition coefficient (Wildman–Crippen LogP) is 4.19. The molecule has 0 atom stereocenters. The number of carbonyl (C=O) groups excluding carboxylic acids is 4. The van der Waals surface area contributed by atoms with E-state index in [1.165, 1.54) is 4.90 Å². The Bertz CT molecular complexity index is 1300. The second-order valence-electron chi connectivity index (χ2n) is 8.32. The zero-order valence-corrected chi connectivity index (χ0v) is 20.2. The molecule has 8 nitrogen and oxygen atoms in total. The predicted molar refractivity (Wildman–Crippen MR) is 137 cm³/mol. The lowest BCUT2D eigenvalue weighted by Gasteiger charge is -2.25. The summed E-state index contributed by atoms with van der Waals surface area (Å²) in [6.07, 6.45) is 0.482. The van der Waals surface area contributed by atoms with E-state index in [4.69, 9.17) is 4.74 Å². The molecule has 184 valence electrons. The number of fused-ring (bicyclic) bond motifs is 1. The van der Waals surface area contributed by atoms with Gasteiger partial charge in [0.2, 0.25) is 0 Å². The quantitative estimate of drug-likeness (QED) is 0.442. The van der Waals surface area contributed by atoms with Crippen LogP contribution in [-0.4, -0.2) is 43.4 Å². The van der Waals surface area contributed by atoms with Gasteiger partial charge in [-0.05, 0) is 68.3 Å². The highest BCUT2D eigenvalue weighted by atomic mass is 16.5. The zero-order chi connectivity index (χ0) is 25.7. The highest BCUT2D eigenvalue weighted by Crippen LogP contribution is 2.33. The Hall–Kier alpha value is -4.46. The van der Waals surface area contributed by atoms with Gasteiger partial charge in [-0.15, -0.1) is 0 Å². The maximum atomic E-state index is 13.5. The highest BCUT2D eigenvalue weighted by molar-refractivity contribution is 6.38. The molecular weight excluding hydrogens is 458 g/mol. The van der Waals surface area contributed by atoms with Gasteiger partial charge in [-0.1, -0.05) is 30.3 Å². The SMILES string of the molecule is CCOC(=O)C(=O)N1CCCN(C(=O)c2ccc(NC(=O)c3ccccc3C)cc2)c2ccccc21. The average Bonchev–Trinajstić information content (AvgIpc) is 3.08. The van der Waals surface area contributed by atoms with Crippen LogP contribution in [-0.2, 0) is 14.3 Å². The van der Waals surface area contributed by atoms with Crippen molar-refractivity contribution in [3.05, 3.63) is 89.5 Å². The van der Waals surface area contributed by atoms with Crippen LogP contribution < -0.4 is 15.1 Å². The van der Waals surface area contributed by atoms with Crippen LogP contribution in [0.2, 0.25) is 0 Å². The first-order valence-electron chi connectivity index (χ1n) is 11.8. The Morgan fingerprint density at radius 2 is 1.44 bits per heavy atom. The molecule has 0 bridgehead atoms. The van der Waals surface area contributed by atoms with Crippen molar-refractivity contribution < 1.29 is 23.9 Å². The van der Waals surface area contributed by atoms with Crippen molar-refractivity contribution >= 4 is 40.8 Å². The smallest absolute Gasteiger partial charge is 0.397 e. The first-order valence-corrected chi connectivity index (χ1v) is 11.8. The maximum absolute atomic E-state index is 13.5. The van der Waals surface area contributed by atoms with Crippen molar-refractivity contribution in [2.24, 2.45) is 0 Å². The van der Waals surface area contributed by atoms with E-state index in [-0.39, 0.29) is 25.0 Å². The second-order valence-corrected chi connectivity index (χ2v) is 8.32. The van der Waals surface area contributed by atoms with E-state index in [1.54, 1.807) is 66.4 Å². The van der Waals surface area contributed by atoms with Gasteiger partial charge in [0.25, 0.3) is 11.8 Å². The molecule has 4 rings (SSSR count). The molecule has 1 aliphatic rings. The van der Waals surface area contributed by atoms with E-state index in [9.17, 15) is 19.2 Å². The summed E-state index contributed by atoms with van der Waals surface area (Å²) in [4.78, 5) is 53.9. The highest BCUT2D eigenvalue weighted by Gasteiger charge is 2.31. The fourth-order valence-corrected chi connectivity index (χ4v) is 4.15. The number of benzene rings is 3. The van der Waals surface area contributed by atoms with Crippen LogP contribution in [0.25, 0.3) is 0 Å². The van der Waals surface area contributed by atoms with Gasteiger partial charge < -0.3 is 19.9 Å². The first kappa shape index (κ1) is 24.7. The van der Waals surface area contributed by atoms with Gasteiger partial charge in [-0.3, -0.25) is 14.4 Å². The Morgan fingerprint density at radius 3 is 2.11 bits per heavy atom. The molecule has 0 fully saturated rings. The van der Waals surface area contributed by atoms with E-state index in [0.29, 0.717) is 41.2 Å². The fraction of sp³-hybridized carbons (Fsp3) is 0.214. The third-order valence-electron chi connectivity index (χ3n) is 5.95. The van der Waals surface area contributed by atoms with Crippen molar-refractivity contribution in [3.63, 3.8) is 0 Å². The molecular formula is C28H27N3O5. The second kappa shape index (κ2) is 10.9. The van der Waals surface area contributed by atoms with E-state index >= 15 is 0 Å². The Balaban J connectivity index is 1.54. The zero-order valence-electron chi connectivity index (χ0n) is 20.2. The van der Waals surface area contributed by atoms with Gasteiger partial charge in [0, 0.05) is 29.9 Å². The van der Waals surface area contributed by atoms with Gasteiger partial charge in [0.15, 0.2) is 0 Å². The number of nitrogens with zero attached hydrogens (tertiary/aromatic N) is 2. The molecule has 0 saturated carbocycles. The van der Waals surface area contributed by atoms with E-state index in [1.807, 2.05) is 25.1 Å². The summed E-state index contributed by atoms with van der Waals surface area (Å²) in [6.45, 7) is 4.26. The number of esters is 1. The number of nitrogens with one attached hydrogen (secondary N) is 1. The number of ether oxygens (including phenoxy) is 1. The van der Waals surface area contributed by atoms with Crippen molar-refractivity contribution in [3.8, 4) is 0 Å². The van der Waals surface area contributed by atoms with Crippen molar-refractivity contribution in [2.75, 3.05) is 34.8 Å². The lowest BCUT2D eigenvalue weighted by atomic mass is 10.1. The topological polar surface area (TPSA) is 96.0 Å². The van der Waals surface area contributed by atoms with Crippen LogP contribution in [0.1, 0.15) is 39.6 Å². The van der Waals surface area contributed by atoms with Crippen LogP contribution >= 0.6 is 0 Å². The average molecular weight is 486 g/mol. The Kier molecular flexibility index (Phi) is 7.44. The number of para-hydroxylation sites is 2. The molecule has 3 aromatic rings. The summed E-state index contributed by atoms with van der Waals surface area (Å²) in [5.41, 5.74) is 3.47. The van der Waals surface area contributed by atoms with Crippen LogP contribution in [0, 0.1) is 6.92 Å². The molecule has 1 aliphatic heterocycles. The number of carbonyl (C=O) groups is 4. The largest absolute Gasteiger partial charge is 0.459 e. The number of hydrogen-bond donors (Lipinski definition) is 1. The fourth-order valence-electron chi connectivity index (χ4n) is 4.15. The van der Waals surface area contributed by atoms with Crippen LogP contribution in [0.15, 0.2) is 72.8 Å². The summed E-state index contributed by atoms with van der Waals surface area (Å²) in [5, 5.41) is 2.86. The molecule has 1 N–H and O–H groups in total. The van der Waals surface area contributed by atoms with Gasteiger partial charge in [-0.25, -0.2) is 4.79 Å². The van der Waals surface area contributed by atoms with Crippen molar-refractivity contribution in [2.45, 2.75) is 20.3 Å². The van der Waals surface area contributed by atoms with Gasteiger partial charge in [-0.2, -0.15) is 0 Å². The summed E-state index contributed by atoms with van der Waals surface area (Å²) < 4.78 is 4.89. The number of aryl methyl sites for hydroxylation is 1. The maximum Gasteiger partial charge on any atom is 0.397 e. The van der Waals surface area contributed by atoms with Gasteiger partial charge >= 0.3 is 11.9 Å². The molecule has 0 aliphatic carbocycles. The van der Waals surface area contributed by atoms with E-state index in [2.05, 4.69) is 5.32 Å². The third-order valence-corrected chi connectivity index (χ3v) is 5.95. The number of anilines is 3. The molecule has 8 heteroatoms. The Morgan fingerprint density at radius 1 is 0.833 bits per heavy atom. The monoisotopic (exact) mass is 485 g/mol. The molecule has 1 heterocycles. The van der Waals surface area contributed by atoms with Gasteiger partial charge in [0.1, 0.15) is 0 Å². The van der Waals surface area contributed by atoms with Crippen molar-refractivity contribution in [1.82, 2.24) is 0 Å². The molecule has 3 aromatic carbocycles. The summed E-state index contributed by atoms with van der Waals surface area (Å²) >= 11 is 0. The van der Waals surface area contributed by atoms with Crippen molar-refractivity contribution in [1.29, 1.82) is 0 Å². The number of rotatable bonds is 4. The lowest BCUT2D eigenvalue weighted by molar-refractivity contribution is -0.153. The van der Waals surface area contributed by atoms with Crippen LogP contribution in [0.3, 0.4) is 0 Å². The lowest BCUT2D eigenvalue weighted by Crippen LogP contribution is -2.38. The Labute approximate surface area is 209 Å². The minimum absolute atomic E-state index is 0.103. The molecule has 0 unspecified atom stereocenters. The summed E-state index contributed by atoms with van der Waals surface area (Å²) in [5.74, 6) is -2.15. The normalized spacial score (nSPS) is 12.8. The summed E-state index contributed by atoms with van der Waals surface area (Å²) in [7, 11) is 0. The standard InChI is InChI=1S/C28H27N3O5/c1-3-36-28(35)27(34)31-18-8-17-30(23-11-6-7-12-24(23)31)26(33)20-13-15-21(16-14-20)29-25(32)22-10-5-4-9-19(22)2/h4-7,9-16H,3,8,17-18H2,1-2H3,(H,29,32). The van der Waals surface area contributed by atoms with E-state index in [0.717, 1.165) is 5.56 Å². The molecule has 3 amide bonds. The molecule has 0 spiro atoms. The first-order chi connectivity index (χ1) is 17.4. The van der Waals surface area contributed by atoms with Gasteiger partial charge in [0.05, 0.1) is 18.0 Å². The minimum atomic E-state index is -0.921. The minimum Gasteiger partial charge on any atom is -0.459 e. The summed E-state index contributed by atoms with van der Waals surface area (Å²) in [6, 6.07) is 21.0. The van der Waals surface area contributed by atoms with E-state index < -0.39 is 11.9 Å². The number of amides is 3. The van der Waals surface area contributed by atoms with Crippen LogP contribution in [0.5, 0.6) is 0 Å².